The third-order valence-electron chi connectivity index (χ3n) is 5.62. The van der Waals surface area contributed by atoms with Crippen LogP contribution in [0.2, 0.25) is 0 Å². The standard InChI is InChI=1S/C21H30O3/c1-15(2)19-12-9-16(3)14-21(19)23-18(13-20(22)24-21)11-10-17-7-5-4-6-8-17/h4-8,15-16,18-19H,9-14H2,1-3H3/t16-,18-,19+,21-/m1/s1. The van der Waals surface area contributed by atoms with E-state index in [1.54, 1.807) is 0 Å². The third-order valence-corrected chi connectivity index (χ3v) is 5.62. The Kier molecular flexibility index (Phi) is 5.29. The van der Waals surface area contributed by atoms with Crippen molar-refractivity contribution in [1.82, 2.24) is 0 Å². The molecule has 1 aliphatic carbocycles. The molecule has 0 N–H and O–H groups in total. The number of ether oxygens (including phenoxy) is 2. The molecule has 1 saturated heterocycles. The second kappa shape index (κ2) is 7.26. The molecular formula is C21H30O3. The summed E-state index contributed by atoms with van der Waals surface area (Å²) in [5, 5.41) is 0. The van der Waals surface area contributed by atoms with Crippen LogP contribution in [-0.4, -0.2) is 17.9 Å². The van der Waals surface area contributed by atoms with E-state index < -0.39 is 5.79 Å². The topological polar surface area (TPSA) is 35.5 Å². The highest BCUT2D eigenvalue weighted by atomic mass is 16.7. The van der Waals surface area contributed by atoms with Crippen LogP contribution in [-0.2, 0) is 20.7 Å². The summed E-state index contributed by atoms with van der Waals surface area (Å²) in [7, 11) is 0. The van der Waals surface area contributed by atoms with Crippen molar-refractivity contribution in [2.75, 3.05) is 0 Å². The number of carbonyl (C=O) groups is 1. The van der Waals surface area contributed by atoms with Crippen molar-refractivity contribution in [3.63, 3.8) is 0 Å². The average Bonchev–Trinajstić information content (AvgIpc) is 2.52. The molecule has 4 atom stereocenters. The lowest BCUT2D eigenvalue weighted by Crippen LogP contribution is -2.56. The van der Waals surface area contributed by atoms with E-state index in [0.717, 1.165) is 25.7 Å². The molecular weight excluding hydrogens is 300 g/mol. The molecule has 0 bridgehead atoms. The molecule has 1 saturated carbocycles. The highest BCUT2D eigenvalue weighted by molar-refractivity contribution is 5.71. The van der Waals surface area contributed by atoms with Gasteiger partial charge in [-0.2, -0.15) is 0 Å². The molecule has 1 aromatic rings. The quantitative estimate of drug-likeness (QED) is 0.748. The van der Waals surface area contributed by atoms with Crippen molar-refractivity contribution in [3.8, 4) is 0 Å². The van der Waals surface area contributed by atoms with Crippen LogP contribution >= 0.6 is 0 Å². The highest BCUT2D eigenvalue weighted by Crippen LogP contribution is 2.47. The Morgan fingerprint density at radius 2 is 1.96 bits per heavy atom. The first-order valence-corrected chi connectivity index (χ1v) is 9.42. The minimum atomic E-state index is -0.692. The fourth-order valence-electron chi connectivity index (χ4n) is 4.42. The van der Waals surface area contributed by atoms with Crippen LogP contribution in [0.1, 0.15) is 58.4 Å². The molecule has 2 fully saturated rings. The molecule has 1 aliphatic heterocycles. The van der Waals surface area contributed by atoms with Gasteiger partial charge >= 0.3 is 5.97 Å². The predicted molar refractivity (Wildman–Crippen MR) is 94.4 cm³/mol. The lowest BCUT2D eigenvalue weighted by molar-refractivity contribution is -0.316. The van der Waals surface area contributed by atoms with Gasteiger partial charge in [0.25, 0.3) is 0 Å². The normalized spacial score (nSPS) is 33.7. The number of rotatable bonds is 4. The molecule has 1 spiro atoms. The molecule has 2 aliphatic rings. The van der Waals surface area contributed by atoms with Gasteiger partial charge in [0, 0.05) is 12.3 Å². The molecule has 0 unspecified atom stereocenters. The van der Waals surface area contributed by atoms with E-state index in [0.29, 0.717) is 24.2 Å². The maximum Gasteiger partial charge on any atom is 0.310 e. The fraction of sp³-hybridized carbons (Fsp3) is 0.667. The predicted octanol–water partition coefficient (Wildman–Crippen LogP) is 4.74. The molecule has 24 heavy (non-hydrogen) atoms. The van der Waals surface area contributed by atoms with Gasteiger partial charge in [-0.3, -0.25) is 4.79 Å². The van der Waals surface area contributed by atoms with Crippen LogP contribution in [0, 0.1) is 17.8 Å². The fourth-order valence-corrected chi connectivity index (χ4v) is 4.42. The Bertz CT molecular complexity index is 553. The van der Waals surface area contributed by atoms with Crippen LogP contribution < -0.4 is 0 Å². The van der Waals surface area contributed by atoms with Gasteiger partial charge in [-0.25, -0.2) is 0 Å². The van der Waals surface area contributed by atoms with E-state index in [1.165, 1.54) is 12.0 Å². The van der Waals surface area contributed by atoms with E-state index in [1.807, 2.05) is 6.07 Å². The molecule has 0 amide bonds. The number of benzene rings is 1. The second-order valence-electron chi connectivity index (χ2n) is 7.99. The minimum Gasteiger partial charge on any atom is -0.433 e. The maximum absolute atomic E-state index is 12.3. The van der Waals surface area contributed by atoms with E-state index in [9.17, 15) is 4.79 Å². The molecule has 3 rings (SSSR count). The monoisotopic (exact) mass is 330 g/mol. The van der Waals surface area contributed by atoms with Crippen molar-refractivity contribution in [2.24, 2.45) is 17.8 Å². The molecule has 0 aromatic heterocycles. The van der Waals surface area contributed by atoms with Crippen molar-refractivity contribution in [1.29, 1.82) is 0 Å². The summed E-state index contributed by atoms with van der Waals surface area (Å²) in [6.07, 6.45) is 5.28. The number of aryl methyl sites for hydroxylation is 1. The number of hydrogen-bond donors (Lipinski definition) is 0. The van der Waals surface area contributed by atoms with Gasteiger partial charge in [-0.1, -0.05) is 51.1 Å². The van der Waals surface area contributed by atoms with Crippen LogP contribution in [0.5, 0.6) is 0 Å². The van der Waals surface area contributed by atoms with Gasteiger partial charge in [-0.05, 0) is 43.1 Å². The molecule has 3 heteroatoms. The summed E-state index contributed by atoms with van der Waals surface area (Å²) in [5.74, 6) is 0.526. The van der Waals surface area contributed by atoms with E-state index >= 15 is 0 Å². The van der Waals surface area contributed by atoms with Crippen LogP contribution in [0.25, 0.3) is 0 Å². The van der Waals surface area contributed by atoms with Gasteiger partial charge < -0.3 is 9.47 Å². The lowest BCUT2D eigenvalue weighted by Gasteiger charge is -2.50. The van der Waals surface area contributed by atoms with Crippen molar-refractivity contribution >= 4 is 5.97 Å². The average molecular weight is 330 g/mol. The number of hydrogen-bond acceptors (Lipinski definition) is 3. The maximum atomic E-state index is 12.3. The molecule has 3 nitrogen and oxygen atoms in total. The van der Waals surface area contributed by atoms with Gasteiger partial charge in [0.2, 0.25) is 5.79 Å². The van der Waals surface area contributed by atoms with Crippen molar-refractivity contribution in [3.05, 3.63) is 35.9 Å². The first-order valence-electron chi connectivity index (χ1n) is 9.42. The van der Waals surface area contributed by atoms with Gasteiger partial charge in [-0.15, -0.1) is 0 Å². The van der Waals surface area contributed by atoms with Crippen LogP contribution in [0.3, 0.4) is 0 Å². The van der Waals surface area contributed by atoms with Gasteiger partial charge in [0.1, 0.15) is 0 Å². The zero-order valence-electron chi connectivity index (χ0n) is 15.2. The summed E-state index contributed by atoms with van der Waals surface area (Å²) in [6, 6.07) is 10.4. The van der Waals surface area contributed by atoms with Crippen LogP contribution in [0.15, 0.2) is 30.3 Å². The zero-order chi connectivity index (χ0) is 17.2. The SMILES string of the molecule is CC(C)[C@@H]1CC[C@@H](C)C[C@@]12OC(=O)C[C@@H](CCc1ccccc1)O2. The third kappa shape index (κ3) is 3.83. The zero-order valence-corrected chi connectivity index (χ0v) is 15.2. The Hall–Kier alpha value is -1.35. The Morgan fingerprint density at radius 3 is 2.67 bits per heavy atom. The summed E-state index contributed by atoms with van der Waals surface area (Å²) >= 11 is 0. The molecule has 1 aromatic carbocycles. The van der Waals surface area contributed by atoms with Crippen LogP contribution in [0.4, 0.5) is 0 Å². The Labute approximate surface area is 145 Å². The van der Waals surface area contributed by atoms with Gasteiger partial charge in [0.15, 0.2) is 0 Å². The largest absolute Gasteiger partial charge is 0.433 e. The molecule has 132 valence electrons. The number of carbonyl (C=O) groups excluding carboxylic acids is 1. The highest BCUT2D eigenvalue weighted by Gasteiger charge is 2.52. The molecule has 0 radical (unpaired) electrons. The Balaban J connectivity index is 1.72. The first-order chi connectivity index (χ1) is 11.5. The smallest absolute Gasteiger partial charge is 0.310 e. The summed E-state index contributed by atoms with van der Waals surface area (Å²) in [6.45, 7) is 6.67. The Morgan fingerprint density at radius 1 is 1.21 bits per heavy atom. The first kappa shape index (κ1) is 17.5. The van der Waals surface area contributed by atoms with Crippen molar-refractivity contribution in [2.45, 2.75) is 71.2 Å². The van der Waals surface area contributed by atoms with Gasteiger partial charge in [0.05, 0.1) is 12.5 Å². The lowest BCUT2D eigenvalue weighted by atomic mass is 9.72. The summed E-state index contributed by atoms with van der Waals surface area (Å²) in [5.41, 5.74) is 1.30. The van der Waals surface area contributed by atoms with E-state index in [-0.39, 0.29) is 12.1 Å². The summed E-state index contributed by atoms with van der Waals surface area (Å²) in [4.78, 5) is 12.3. The van der Waals surface area contributed by atoms with E-state index in [4.69, 9.17) is 9.47 Å². The minimum absolute atomic E-state index is 0.0296. The second-order valence-corrected chi connectivity index (χ2v) is 7.99. The summed E-state index contributed by atoms with van der Waals surface area (Å²) < 4.78 is 12.4. The molecule has 1 heterocycles. The van der Waals surface area contributed by atoms with Crippen molar-refractivity contribution < 1.29 is 14.3 Å². The number of esters is 1. The van der Waals surface area contributed by atoms with E-state index in [2.05, 4.69) is 45.0 Å².